The summed E-state index contributed by atoms with van der Waals surface area (Å²) in [5, 5.41) is 9.99. The Morgan fingerprint density at radius 3 is 2.50 bits per heavy atom. The van der Waals surface area contributed by atoms with E-state index in [9.17, 15) is 14.9 Å². The second-order valence-electron chi connectivity index (χ2n) is 5.85. The van der Waals surface area contributed by atoms with Crippen LogP contribution in [0.1, 0.15) is 5.56 Å². The average Bonchev–Trinajstić information content (AvgIpc) is 2.95. The molecule has 2 aromatic carbocycles. The number of benzene rings is 2. The number of nitrogens with zero attached hydrogens (tertiary/aromatic N) is 2. The van der Waals surface area contributed by atoms with E-state index in [0.29, 0.717) is 22.2 Å². The van der Waals surface area contributed by atoms with Gasteiger partial charge in [0.05, 0.1) is 5.25 Å². The topological polar surface area (TPSA) is 87.2 Å². The first-order valence-electron chi connectivity index (χ1n) is 7.96. The summed E-state index contributed by atoms with van der Waals surface area (Å²) >= 11 is 16.6. The SMILES string of the molecule is N#C/C(C(N)=O)=C1\S[C@H](Cc2ccc(Cl)cc2Cl)C(=O)N1c1ccc(Br)cc1. The highest BCUT2D eigenvalue weighted by molar-refractivity contribution is 9.10. The Balaban J connectivity index is 2.04. The third-order valence-electron chi connectivity index (χ3n) is 4.03. The monoisotopic (exact) mass is 495 g/mol. The third kappa shape index (κ3) is 4.20. The number of carbonyl (C=O) groups excluding carboxylic acids is 2. The fourth-order valence-electron chi connectivity index (χ4n) is 2.71. The van der Waals surface area contributed by atoms with Crippen LogP contribution in [0.4, 0.5) is 5.69 Å². The predicted octanol–water partition coefficient (Wildman–Crippen LogP) is 4.67. The molecule has 28 heavy (non-hydrogen) atoms. The van der Waals surface area contributed by atoms with Gasteiger partial charge in [-0.1, -0.05) is 57.0 Å². The molecule has 1 saturated heterocycles. The quantitative estimate of drug-likeness (QED) is 0.492. The number of primary amides is 1. The summed E-state index contributed by atoms with van der Waals surface area (Å²) in [6, 6.07) is 13.8. The van der Waals surface area contributed by atoms with Crippen molar-refractivity contribution in [2.24, 2.45) is 5.73 Å². The van der Waals surface area contributed by atoms with Gasteiger partial charge in [-0.05, 0) is 48.4 Å². The fourth-order valence-corrected chi connectivity index (χ4v) is 4.77. The maximum Gasteiger partial charge on any atom is 0.262 e. The summed E-state index contributed by atoms with van der Waals surface area (Å²) in [5.74, 6) is -1.15. The second-order valence-corrected chi connectivity index (χ2v) is 8.80. The number of hydrogen-bond acceptors (Lipinski definition) is 4. The van der Waals surface area contributed by atoms with E-state index in [1.54, 1.807) is 42.5 Å². The molecular weight excluding hydrogens is 485 g/mol. The number of anilines is 1. The first-order chi connectivity index (χ1) is 13.3. The van der Waals surface area contributed by atoms with Crippen molar-refractivity contribution in [1.82, 2.24) is 0 Å². The standard InChI is InChI=1S/C19H12BrCl2N3O2S/c20-11-2-5-13(6-3-11)25-18(27)16(28-19(25)14(9-23)17(24)26)7-10-1-4-12(21)8-15(10)22/h1-6,8,16H,7H2,(H2,24,26)/b19-14+/t16-/m1/s1. The average molecular weight is 497 g/mol. The summed E-state index contributed by atoms with van der Waals surface area (Å²) in [7, 11) is 0. The van der Waals surface area contributed by atoms with Crippen LogP contribution in [0.15, 0.2) is 57.5 Å². The van der Waals surface area contributed by atoms with Gasteiger partial charge >= 0.3 is 0 Å². The third-order valence-corrected chi connectivity index (χ3v) is 6.41. The van der Waals surface area contributed by atoms with Crippen LogP contribution in [-0.4, -0.2) is 17.1 Å². The zero-order valence-electron chi connectivity index (χ0n) is 14.2. The van der Waals surface area contributed by atoms with E-state index in [2.05, 4.69) is 15.9 Å². The van der Waals surface area contributed by atoms with Gasteiger partial charge in [0.1, 0.15) is 16.7 Å². The van der Waals surface area contributed by atoms with E-state index in [-0.39, 0.29) is 16.5 Å². The highest BCUT2D eigenvalue weighted by Crippen LogP contribution is 2.42. The lowest BCUT2D eigenvalue weighted by Gasteiger charge is -2.18. The summed E-state index contributed by atoms with van der Waals surface area (Å²) < 4.78 is 0.834. The molecule has 1 fully saturated rings. The number of nitriles is 1. The predicted molar refractivity (Wildman–Crippen MR) is 115 cm³/mol. The van der Waals surface area contributed by atoms with Crippen LogP contribution >= 0.6 is 50.9 Å². The van der Waals surface area contributed by atoms with Gasteiger partial charge in [0.25, 0.3) is 5.91 Å². The van der Waals surface area contributed by atoms with Crippen molar-refractivity contribution in [3.63, 3.8) is 0 Å². The molecule has 142 valence electrons. The summed E-state index contributed by atoms with van der Waals surface area (Å²) in [5.41, 5.74) is 6.38. The normalized spacial score (nSPS) is 18.1. The van der Waals surface area contributed by atoms with Gasteiger partial charge in [-0.3, -0.25) is 14.5 Å². The number of amides is 2. The lowest BCUT2D eigenvalue weighted by atomic mass is 10.1. The van der Waals surface area contributed by atoms with Gasteiger partial charge in [-0.25, -0.2) is 0 Å². The van der Waals surface area contributed by atoms with E-state index < -0.39 is 11.2 Å². The van der Waals surface area contributed by atoms with Crippen LogP contribution in [0, 0.1) is 11.3 Å². The molecule has 0 spiro atoms. The number of nitrogens with two attached hydrogens (primary N) is 1. The van der Waals surface area contributed by atoms with Crippen molar-refractivity contribution in [3.8, 4) is 6.07 Å². The Labute approximate surface area is 184 Å². The largest absolute Gasteiger partial charge is 0.365 e. The molecule has 1 heterocycles. The van der Waals surface area contributed by atoms with Crippen LogP contribution in [0.25, 0.3) is 0 Å². The zero-order valence-corrected chi connectivity index (χ0v) is 18.1. The zero-order chi connectivity index (χ0) is 20.4. The van der Waals surface area contributed by atoms with Crippen LogP contribution in [0.2, 0.25) is 10.0 Å². The summed E-state index contributed by atoms with van der Waals surface area (Å²) in [6.07, 6.45) is 0.313. The van der Waals surface area contributed by atoms with Crippen molar-refractivity contribution in [1.29, 1.82) is 5.26 Å². The van der Waals surface area contributed by atoms with Crippen molar-refractivity contribution in [2.75, 3.05) is 4.90 Å². The highest BCUT2D eigenvalue weighted by atomic mass is 79.9. The molecular formula is C19H12BrCl2N3O2S. The van der Waals surface area contributed by atoms with Gasteiger partial charge < -0.3 is 5.73 Å². The van der Waals surface area contributed by atoms with Gasteiger partial charge in [-0.2, -0.15) is 5.26 Å². The van der Waals surface area contributed by atoms with E-state index in [4.69, 9.17) is 28.9 Å². The molecule has 0 aliphatic carbocycles. The van der Waals surface area contributed by atoms with Crippen molar-refractivity contribution < 1.29 is 9.59 Å². The molecule has 9 heteroatoms. The van der Waals surface area contributed by atoms with E-state index in [1.165, 1.54) is 4.90 Å². The van der Waals surface area contributed by atoms with E-state index in [1.807, 2.05) is 6.07 Å². The molecule has 0 unspecified atom stereocenters. The summed E-state index contributed by atoms with van der Waals surface area (Å²) in [4.78, 5) is 26.3. The van der Waals surface area contributed by atoms with Crippen LogP contribution in [0.5, 0.6) is 0 Å². The first kappa shape index (κ1) is 20.7. The maximum atomic E-state index is 13.2. The number of carbonyl (C=O) groups is 2. The molecule has 3 rings (SSSR count). The fraction of sp³-hybridized carbons (Fsp3) is 0.105. The molecule has 1 aliphatic rings. The first-order valence-corrected chi connectivity index (χ1v) is 10.4. The Hall–Kier alpha value is -1.98. The second kappa shape index (κ2) is 8.58. The Morgan fingerprint density at radius 1 is 1.25 bits per heavy atom. The molecule has 0 saturated carbocycles. The minimum Gasteiger partial charge on any atom is -0.365 e. The molecule has 0 aromatic heterocycles. The minimum atomic E-state index is -0.884. The van der Waals surface area contributed by atoms with Gasteiger partial charge in [0.15, 0.2) is 0 Å². The van der Waals surface area contributed by atoms with Crippen LogP contribution in [0.3, 0.4) is 0 Å². The Kier molecular flexibility index (Phi) is 6.36. The number of rotatable bonds is 4. The van der Waals surface area contributed by atoms with Gasteiger partial charge in [0, 0.05) is 20.2 Å². The minimum absolute atomic E-state index is 0.220. The van der Waals surface area contributed by atoms with Crippen LogP contribution in [-0.2, 0) is 16.0 Å². The number of halogens is 3. The van der Waals surface area contributed by atoms with Crippen molar-refractivity contribution in [2.45, 2.75) is 11.7 Å². The van der Waals surface area contributed by atoms with E-state index >= 15 is 0 Å². The maximum absolute atomic E-state index is 13.2. The highest BCUT2D eigenvalue weighted by Gasteiger charge is 2.40. The molecule has 1 aliphatic heterocycles. The molecule has 1 atom stereocenters. The number of hydrogen-bond donors (Lipinski definition) is 1. The van der Waals surface area contributed by atoms with Gasteiger partial charge in [-0.15, -0.1) is 0 Å². The molecule has 5 nitrogen and oxygen atoms in total. The molecule has 0 radical (unpaired) electrons. The molecule has 0 bridgehead atoms. The molecule has 2 aromatic rings. The smallest absolute Gasteiger partial charge is 0.262 e. The van der Waals surface area contributed by atoms with E-state index in [0.717, 1.165) is 21.8 Å². The van der Waals surface area contributed by atoms with Gasteiger partial charge in [0.2, 0.25) is 5.91 Å². The summed E-state index contributed by atoms with van der Waals surface area (Å²) in [6.45, 7) is 0. The molecule has 2 N–H and O–H groups in total. The van der Waals surface area contributed by atoms with Crippen molar-refractivity contribution in [3.05, 3.63) is 73.1 Å². The Morgan fingerprint density at radius 2 is 1.93 bits per heavy atom. The number of thioether (sulfide) groups is 1. The van der Waals surface area contributed by atoms with Crippen LogP contribution < -0.4 is 10.6 Å². The Bertz CT molecular complexity index is 1030. The van der Waals surface area contributed by atoms with Crippen molar-refractivity contribution >= 4 is 68.4 Å². The lowest BCUT2D eigenvalue weighted by molar-refractivity contribution is -0.117. The lowest BCUT2D eigenvalue weighted by Crippen LogP contribution is -2.31. The molecule has 2 amide bonds.